The van der Waals surface area contributed by atoms with Gasteiger partial charge >= 0.3 is 13.7 Å². The lowest BCUT2D eigenvalue weighted by atomic mass is 10.0. The summed E-state index contributed by atoms with van der Waals surface area (Å²) in [4.78, 5) is 24.7. The number of halogens is 2. The SMILES string of the molecule is CCOc1nc(N)nc2c1ncn2[C@@H]1O[C@](F)(COP(=O)(N[C@@H](C)C(=O)OCC(C)C)Oc2ccccc2)C[C@@]1(C)F. The molecule has 0 spiro atoms. The number of hydrogen-bond donors (Lipinski definition) is 2. The molecule has 230 valence electrons. The molecule has 3 heterocycles. The Morgan fingerprint density at radius 1 is 1.26 bits per heavy atom. The number of hydrogen-bond acceptors (Lipinski definition) is 11. The van der Waals surface area contributed by atoms with Gasteiger partial charge in [0, 0.05) is 6.42 Å². The molecule has 1 aromatic carbocycles. The smallest absolute Gasteiger partial charge is 0.459 e. The zero-order chi connectivity index (χ0) is 30.7. The summed E-state index contributed by atoms with van der Waals surface area (Å²) in [5, 5.41) is 2.48. The number of alkyl halides is 2. The molecular weight excluding hydrogens is 577 g/mol. The number of nitrogens with two attached hydrogens (primary N) is 1. The maximum atomic E-state index is 16.1. The number of anilines is 1. The van der Waals surface area contributed by atoms with Gasteiger partial charge in [-0.05, 0) is 38.8 Å². The summed E-state index contributed by atoms with van der Waals surface area (Å²) >= 11 is 0. The molecule has 1 aliphatic heterocycles. The van der Waals surface area contributed by atoms with Crippen molar-refractivity contribution in [1.29, 1.82) is 0 Å². The fourth-order valence-corrected chi connectivity index (χ4v) is 5.79. The molecule has 5 atom stereocenters. The van der Waals surface area contributed by atoms with Gasteiger partial charge in [-0.2, -0.15) is 15.1 Å². The first-order valence-corrected chi connectivity index (χ1v) is 14.9. The molecule has 0 radical (unpaired) electrons. The van der Waals surface area contributed by atoms with Crippen LogP contribution in [-0.2, 0) is 23.4 Å². The standard InChI is InChI=1S/C26H35F2N6O7P/c1-6-37-21-19-20(31-24(29)32-21)34(15-30-19)23-25(5,27)13-26(28,40-23)14-39-42(36,41-18-10-8-7-9-11-18)33-17(4)22(35)38-12-16(2)3/h7-11,15-17,23H,6,12-14H2,1-5H3,(H,33,36)(H2,29,31,32)/t17-,23+,25+,26-,42?/m0/s1. The predicted octanol–water partition coefficient (Wildman–Crippen LogP) is 4.50. The number of ether oxygens (including phenoxy) is 3. The van der Waals surface area contributed by atoms with Gasteiger partial charge in [0.25, 0.3) is 0 Å². The molecule has 1 aliphatic rings. The molecule has 1 saturated heterocycles. The van der Waals surface area contributed by atoms with Crippen LogP contribution >= 0.6 is 7.75 Å². The number of carbonyl (C=O) groups excluding carboxylic acids is 1. The average molecular weight is 613 g/mol. The Kier molecular flexibility index (Phi) is 9.36. The lowest BCUT2D eigenvalue weighted by molar-refractivity contribution is -0.177. The van der Waals surface area contributed by atoms with E-state index in [9.17, 15) is 9.36 Å². The van der Waals surface area contributed by atoms with Gasteiger partial charge in [-0.15, -0.1) is 0 Å². The number of imidazole rings is 1. The van der Waals surface area contributed by atoms with Crippen molar-refractivity contribution < 1.29 is 41.4 Å². The van der Waals surface area contributed by atoms with Crippen LogP contribution in [0.5, 0.6) is 11.6 Å². The van der Waals surface area contributed by atoms with Gasteiger partial charge in [-0.3, -0.25) is 13.9 Å². The predicted molar refractivity (Wildman–Crippen MR) is 148 cm³/mol. The number of nitrogen functional groups attached to an aromatic ring is 1. The quantitative estimate of drug-likeness (QED) is 0.206. The summed E-state index contributed by atoms with van der Waals surface area (Å²) in [7, 11) is -4.44. The van der Waals surface area contributed by atoms with Crippen LogP contribution in [0.4, 0.5) is 14.7 Å². The number of rotatable bonds is 13. The van der Waals surface area contributed by atoms with Crippen molar-refractivity contribution in [3.63, 3.8) is 0 Å². The third-order valence-corrected chi connectivity index (χ3v) is 7.69. The second kappa shape index (κ2) is 12.5. The number of fused-ring (bicyclic) bond motifs is 1. The van der Waals surface area contributed by atoms with Gasteiger partial charge in [0.15, 0.2) is 23.1 Å². The zero-order valence-corrected chi connectivity index (χ0v) is 24.8. The molecule has 0 bridgehead atoms. The molecule has 3 aromatic rings. The second-order valence-electron chi connectivity index (χ2n) is 10.5. The Bertz CT molecular complexity index is 1440. The molecule has 2 aromatic heterocycles. The monoisotopic (exact) mass is 612 g/mol. The number of benzene rings is 1. The Balaban J connectivity index is 1.55. The third-order valence-electron chi connectivity index (χ3n) is 6.07. The van der Waals surface area contributed by atoms with Crippen molar-refractivity contribution in [3.05, 3.63) is 36.7 Å². The molecule has 16 heteroatoms. The number of nitrogens with zero attached hydrogens (tertiary/aromatic N) is 4. The molecule has 42 heavy (non-hydrogen) atoms. The number of carbonyl (C=O) groups is 1. The van der Waals surface area contributed by atoms with Crippen LogP contribution in [0, 0.1) is 5.92 Å². The van der Waals surface area contributed by atoms with Crippen LogP contribution < -0.4 is 20.1 Å². The molecule has 0 amide bonds. The molecule has 1 fully saturated rings. The minimum Gasteiger partial charge on any atom is -0.476 e. The van der Waals surface area contributed by atoms with Crippen molar-refractivity contribution in [2.24, 2.45) is 5.92 Å². The van der Waals surface area contributed by atoms with Crippen LogP contribution in [0.3, 0.4) is 0 Å². The molecule has 0 saturated carbocycles. The highest BCUT2D eigenvalue weighted by Crippen LogP contribution is 2.52. The number of para-hydroxylation sites is 1. The second-order valence-corrected chi connectivity index (χ2v) is 12.2. The molecule has 3 N–H and O–H groups in total. The molecule has 1 unspecified atom stereocenters. The topological polar surface area (TPSA) is 162 Å². The summed E-state index contributed by atoms with van der Waals surface area (Å²) in [6, 6.07) is 6.80. The van der Waals surface area contributed by atoms with E-state index in [2.05, 4.69) is 20.0 Å². The summed E-state index contributed by atoms with van der Waals surface area (Å²) < 4.78 is 74.1. The molecular formula is C26H35F2N6O7P. The van der Waals surface area contributed by atoms with Gasteiger partial charge in [0.1, 0.15) is 18.4 Å². The van der Waals surface area contributed by atoms with E-state index in [1.165, 1.54) is 30.0 Å². The Morgan fingerprint density at radius 2 is 1.98 bits per heavy atom. The average Bonchev–Trinajstić information content (AvgIpc) is 3.43. The third kappa shape index (κ3) is 7.33. The fourth-order valence-electron chi connectivity index (χ4n) is 4.27. The maximum Gasteiger partial charge on any atom is 0.459 e. The van der Waals surface area contributed by atoms with Crippen molar-refractivity contribution in [1.82, 2.24) is 24.6 Å². The lowest BCUT2D eigenvalue weighted by Gasteiger charge is -2.26. The molecule has 4 rings (SSSR count). The van der Waals surface area contributed by atoms with E-state index in [4.69, 9.17) is 29.0 Å². The summed E-state index contributed by atoms with van der Waals surface area (Å²) in [6.07, 6.45) is -1.15. The van der Waals surface area contributed by atoms with Gasteiger partial charge in [-0.1, -0.05) is 32.0 Å². The fraction of sp³-hybridized carbons (Fsp3) is 0.538. The van der Waals surface area contributed by atoms with Gasteiger partial charge < -0.3 is 24.5 Å². The van der Waals surface area contributed by atoms with Crippen LogP contribution in [0.2, 0.25) is 0 Å². The van der Waals surface area contributed by atoms with Gasteiger partial charge in [-0.25, -0.2) is 18.3 Å². The van der Waals surface area contributed by atoms with Crippen LogP contribution in [0.25, 0.3) is 11.2 Å². The Hall–Kier alpha value is -3.39. The van der Waals surface area contributed by atoms with Crippen molar-refractivity contribution in [2.45, 2.75) is 64.8 Å². The van der Waals surface area contributed by atoms with E-state index in [1.54, 1.807) is 25.1 Å². The first-order chi connectivity index (χ1) is 19.7. The highest BCUT2D eigenvalue weighted by atomic mass is 31.2. The van der Waals surface area contributed by atoms with E-state index in [0.29, 0.717) is 0 Å². The maximum absolute atomic E-state index is 16.1. The van der Waals surface area contributed by atoms with E-state index in [0.717, 1.165) is 6.92 Å². The van der Waals surface area contributed by atoms with Crippen LogP contribution in [-0.4, -0.2) is 62.9 Å². The van der Waals surface area contributed by atoms with E-state index in [1.807, 2.05) is 13.8 Å². The van der Waals surface area contributed by atoms with Crippen LogP contribution in [0.15, 0.2) is 36.7 Å². The van der Waals surface area contributed by atoms with E-state index >= 15 is 8.78 Å². The molecule has 13 nitrogen and oxygen atoms in total. The number of nitrogens with one attached hydrogen (secondary N) is 1. The number of aromatic nitrogens is 4. The lowest BCUT2D eigenvalue weighted by Crippen LogP contribution is -2.37. The first-order valence-electron chi connectivity index (χ1n) is 13.4. The minimum atomic E-state index is -4.44. The zero-order valence-electron chi connectivity index (χ0n) is 24.0. The van der Waals surface area contributed by atoms with Gasteiger partial charge in [0.05, 0.1) is 19.5 Å². The van der Waals surface area contributed by atoms with Crippen molar-refractivity contribution >= 4 is 30.8 Å². The largest absolute Gasteiger partial charge is 0.476 e. The van der Waals surface area contributed by atoms with Crippen LogP contribution in [0.1, 0.15) is 47.3 Å². The van der Waals surface area contributed by atoms with Crippen molar-refractivity contribution in [2.75, 3.05) is 25.6 Å². The van der Waals surface area contributed by atoms with Crippen molar-refractivity contribution in [3.8, 4) is 11.6 Å². The van der Waals surface area contributed by atoms with E-state index < -0.39 is 50.5 Å². The minimum absolute atomic E-state index is 0.0680. The summed E-state index contributed by atoms with van der Waals surface area (Å²) in [5.74, 6) is -3.38. The Labute approximate surface area is 241 Å². The highest BCUT2D eigenvalue weighted by Gasteiger charge is 2.57. The highest BCUT2D eigenvalue weighted by molar-refractivity contribution is 7.52. The number of esters is 1. The molecule has 0 aliphatic carbocycles. The normalized spacial score (nSPS) is 24.4. The summed E-state index contributed by atoms with van der Waals surface area (Å²) in [6.45, 7) is 7.38. The van der Waals surface area contributed by atoms with Gasteiger partial charge in [0.2, 0.25) is 17.7 Å². The first kappa shape index (κ1) is 31.5. The Morgan fingerprint density at radius 3 is 2.64 bits per heavy atom. The van der Waals surface area contributed by atoms with E-state index in [-0.39, 0.29) is 47.9 Å². The summed E-state index contributed by atoms with van der Waals surface area (Å²) in [5.41, 5.74) is 3.75.